The second kappa shape index (κ2) is 2.86. The van der Waals surface area contributed by atoms with E-state index >= 15 is 0 Å². The lowest BCUT2D eigenvalue weighted by molar-refractivity contribution is 0.368. The van der Waals surface area contributed by atoms with Crippen molar-refractivity contribution >= 4 is 0 Å². The predicted octanol–water partition coefficient (Wildman–Crippen LogP) is 1.53. The molecule has 0 saturated carbocycles. The van der Waals surface area contributed by atoms with Gasteiger partial charge in [-0.05, 0) is 17.5 Å². The SMILES string of the molecule is N#CN1CCc2ccccc2C1. The smallest absolute Gasteiger partial charge is 0.179 e. The Labute approximate surface area is 72.0 Å². The summed E-state index contributed by atoms with van der Waals surface area (Å²) in [6.07, 6.45) is 3.18. The van der Waals surface area contributed by atoms with Gasteiger partial charge < -0.3 is 4.90 Å². The fourth-order valence-electron chi connectivity index (χ4n) is 1.58. The summed E-state index contributed by atoms with van der Waals surface area (Å²) in [5.41, 5.74) is 2.69. The molecule has 0 unspecified atom stereocenters. The molecular weight excluding hydrogens is 148 g/mol. The van der Waals surface area contributed by atoms with Crippen LogP contribution in [0.4, 0.5) is 0 Å². The van der Waals surface area contributed by atoms with Crippen molar-refractivity contribution < 1.29 is 0 Å². The molecule has 2 rings (SSSR count). The Balaban J connectivity index is 2.30. The quantitative estimate of drug-likeness (QED) is 0.535. The lowest BCUT2D eigenvalue weighted by atomic mass is 10.0. The van der Waals surface area contributed by atoms with E-state index in [1.54, 1.807) is 4.90 Å². The lowest BCUT2D eigenvalue weighted by Crippen LogP contribution is -2.25. The Morgan fingerprint density at radius 2 is 2.00 bits per heavy atom. The first-order chi connectivity index (χ1) is 5.90. The van der Waals surface area contributed by atoms with E-state index in [-0.39, 0.29) is 0 Å². The molecule has 0 N–H and O–H groups in total. The number of nitriles is 1. The molecule has 1 aliphatic rings. The van der Waals surface area contributed by atoms with Crippen molar-refractivity contribution in [1.29, 1.82) is 5.26 Å². The first kappa shape index (κ1) is 7.17. The zero-order chi connectivity index (χ0) is 8.39. The minimum absolute atomic E-state index is 0.784. The zero-order valence-corrected chi connectivity index (χ0v) is 6.83. The molecule has 1 aromatic carbocycles. The van der Waals surface area contributed by atoms with Crippen LogP contribution in [0.25, 0.3) is 0 Å². The van der Waals surface area contributed by atoms with Gasteiger partial charge >= 0.3 is 0 Å². The Kier molecular flexibility index (Phi) is 1.71. The Bertz CT molecular complexity index is 325. The predicted molar refractivity (Wildman–Crippen MR) is 46.2 cm³/mol. The van der Waals surface area contributed by atoms with Crippen LogP contribution in [0.15, 0.2) is 24.3 Å². The van der Waals surface area contributed by atoms with Gasteiger partial charge in [0.05, 0.1) is 6.54 Å². The van der Waals surface area contributed by atoms with Gasteiger partial charge in [-0.3, -0.25) is 0 Å². The van der Waals surface area contributed by atoms with Crippen LogP contribution in [0.5, 0.6) is 0 Å². The summed E-state index contributed by atoms with van der Waals surface area (Å²) in [7, 11) is 0. The number of hydrogen-bond acceptors (Lipinski definition) is 2. The molecule has 60 valence electrons. The Morgan fingerprint density at radius 1 is 1.25 bits per heavy atom. The van der Waals surface area contributed by atoms with Crippen LogP contribution >= 0.6 is 0 Å². The van der Waals surface area contributed by atoms with Crippen molar-refractivity contribution in [2.45, 2.75) is 13.0 Å². The van der Waals surface area contributed by atoms with Gasteiger partial charge in [0.1, 0.15) is 0 Å². The molecule has 0 saturated heterocycles. The van der Waals surface area contributed by atoms with E-state index < -0.39 is 0 Å². The van der Waals surface area contributed by atoms with Crippen molar-refractivity contribution in [1.82, 2.24) is 4.90 Å². The summed E-state index contributed by atoms with van der Waals surface area (Å²) in [6, 6.07) is 8.32. The summed E-state index contributed by atoms with van der Waals surface area (Å²) >= 11 is 0. The third kappa shape index (κ3) is 1.14. The topological polar surface area (TPSA) is 27.0 Å². The van der Waals surface area contributed by atoms with Gasteiger partial charge in [0.25, 0.3) is 0 Å². The fourth-order valence-corrected chi connectivity index (χ4v) is 1.58. The molecule has 0 aliphatic carbocycles. The average molecular weight is 158 g/mol. The molecule has 2 nitrogen and oxygen atoms in total. The molecule has 0 aromatic heterocycles. The van der Waals surface area contributed by atoms with Crippen LogP contribution in [0.1, 0.15) is 11.1 Å². The number of benzene rings is 1. The minimum Gasteiger partial charge on any atom is -0.306 e. The summed E-state index contributed by atoms with van der Waals surface area (Å²) in [4.78, 5) is 1.79. The van der Waals surface area contributed by atoms with Crippen molar-refractivity contribution in [2.75, 3.05) is 6.54 Å². The van der Waals surface area contributed by atoms with Crippen molar-refractivity contribution in [2.24, 2.45) is 0 Å². The molecule has 0 radical (unpaired) electrons. The van der Waals surface area contributed by atoms with E-state index in [1.165, 1.54) is 11.1 Å². The number of nitrogens with zero attached hydrogens (tertiary/aromatic N) is 2. The Morgan fingerprint density at radius 3 is 2.75 bits per heavy atom. The van der Waals surface area contributed by atoms with Gasteiger partial charge in [-0.2, -0.15) is 5.26 Å². The largest absolute Gasteiger partial charge is 0.306 e. The average Bonchev–Trinajstić information content (AvgIpc) is 2.17. The summed E-state index contributed by atoms with van der Waals surface area (Å²) in [5, 5.41) is 8.69. The van der Waals surface area contributed by atoms with E-state index in [9.17, 15) is 0 Å². The molecule has 12 heavy (non-hydrogen) atoms. The molecule has 0 bridgehead atoms. The second-order valence-corrected chi connectivity index (χ2v) is 3.04. The van der Waals surface area contributed by atoms with Gasteiger partial charge in [0.2, 0.25) is 0 Å². The maximum absolute atomic E-state index is 8.69. The van der Waals surface area contributed by atoms with Crippen molar-refractivity contribution in [3.05, 3.63) is 35.4 Å². The fraction of sp³-hybridized carbons (Fsp3) is 0.300. The van der Waals surface area contributed by atoms with E-state index in [4.69, 9.17) is 5.26 Å². The van der Waals surface area contributed by atoms with Crippen molar-refractivity contribution in [3.63, 3.8) is 0 Å². The van der Waals surface area contributed by atoms with Crippen LogP contribution in [-0.4, -0.2) is 11.4 Å². The summed E-state index contributed by atoms with van der Waals surface area (Å²) in [6.45, 7) is 1.65. The van der Waals surface area contributed by atoms with Crippen LogP contribution < -0.4 is 0 Å². The van der Waals surface area contributed by atoms with Gasteiger partial charge in [-0.1, -0.05) is 24.3 Å². The third-order valence-corrected chi connectivity index (χ3v) is 2.27. The zero-order valence-electron chi connectivity index (χ0n) is 6.83. The van der Waals surface area contributed by atoms with E-state index in [0.717, 1.165) is 19.5 Å². The molecule has 1 aliphatic heterocycles. The van der Waals surface area contributed by atoms with Gasteiger partial charge in [0, 0.05) is 6.54 Å². The molecule has 0 amide bonds. The van der Waals surface area contributed by atoms with E-state index in [2.05, 4.69) is 24.4 Å². The second-order valence-electron chi connectivity index (χ2n) is 3.04. The number of hydrogen-bond donors (Lipinski definition) is 0. The molecule has 1 heterocycles. The van der Waals surface area contributed by atoms with Crippen LogP contribution in [0.2, 0.25) is 0 Å². The highest BCUT2D eigenvalue weighted by atomic mass is 15.1. The monoisotopic (exact) mass is 158 g/mol. The minimum atomic E-state index is 0.784. The molecule has 0 fully saturated rings. The van der Waals surface area contributed by atoms with E-state index in [0.29, 0.717) is 0 Å². The normalized spacial score (nSPS) is 15.1. The van der Waals surface area contributed by atoms with Gasteiger partial charge in [0.15, 0.2) is 6.19 Å². The molecular formula is C10H10N2. The highest BCUT2D eigenvalue weighted by Crippen LogP contribution is 2.17. The Hall–Kier alpha value is -1.49. The lowest BCUT2D eigenvalue weighted by Gasteiger charge is -2.23. The van der Waals surface area contributed by atoms with Gasteiger partial charge in [-0.15, -0.1) is 0 Å². The molecule has 2 heteroatoms. The highest BCUT2D eigenvalue weighted by Gasteiger charge is 2.12. The summed E-state index contributed by atoms with van der Waals surface area (Å²) in [5.74, 6) is 0. The van der Waals surface area contributed by atoms with Crippen molar-refractivity contribution in [3.8, 4) is 6.19 Å². The first-order valence-electron chi connectivity index (χ1n) is 4.11. The molecule has 0 atom stereocenters. The molecule has 0 spiro atoms. The maximum atomic E-state index is 8.69. The third-order valence-electron chi connectivity index (χ3n) is 2.27. The van der Waals surface area contributed by atoms with Gasteiger partial charge in [-0.25, -0.2) is 0 Å². The first-order valence-corrected chi connectivity index (χ1v) is 4.11. The standard InChI is InChI=1S/C10H10N2/c11-8-12-6-5-9-3-1-2-4-10(9)7-12/h1-4H,5-7H2. The van der Waals surface area contributed by atoms with Crippen LogP contribution in [0.3, 0.4) is 0 Å². The number of rotatable bonds is 0. The van der Waals surface area contributed by atoms with E-state index in [1.807, 2.05) is 6.07 Å². The maximum Gasteiger partial charge on any atom is 0.179 e. The summed E-state index contributed by atoms with van der Waals surface area (Å²) < 4.78 is 0. The number of fused-ring (bicyclic) bond motifs is 1. The van der Waals surface area contributed by atoms with Crippen LogP contribution in [0, 0.1) is 11.5 Å². The highest BCUT2D eigenvalue weighted by molar-refractivity contribution is 5.29. The van der Waals surface area contributed by atoms with Crippen LogP contribution in [-0.2, 0) is 13.0 Å². The molecule has 1 aromatic rings.